The largest absolute Gasteiger partial charge is 0.485 e. The van der Waals surface area contributed by atoms with Gasteiger partial charge in [-0.1, -0.05) is 31.2 Å². The van der Waals surface area contributed by atoms with E-state index in [9.17, 15) is 4.79 Å². The van der Waals surface area contributed by atoms with Crippen LogP contribution in [0.1, 0.15) is 29.7 Å². The van der Waals surface area contributed by atoms with Crippen LogP contribution in [0.2, 0.25) is 0 Å². The average molecular weight is 320 g/mol. The molecule has 0 fully saturated rings. The van der Waals surface area contributed by atoms with Crippen molar-refractivity contribution in [2.24, 2.45) is 11.7 Å². The van der Waals surface area contributed by atoms with Crippen molar-refractivity contribution in [2.45, 2.75) is 25.9 Å². The number of benzene rings is 2. The second-order valence-corrected chi connectivity index (χ2v) is 6.58. The number of nitrogens with two attached hydrogens (primary N) is 1. The van der Waals surface area contributed by atoms with Gasteiger partial charge in [0.15, 0.2) is 0 Å². The van der Waals surface area contributed by atoms with Crippen LogP contribution in [0.3, 0.4) is 0 Å². The maximum atomic E-state index is 11.2. The molecule has 122 valence electrons. The van der Waals surface area contributed by atoms with Crippen molar-refractivity contribution in [2.75, 3.05) is 0 Å². The lowest BCUT2D eigenvalue weighted by molar-refractivity contribution is -0.117. The van der Waals surface area contributed by atoms with Crippen molar-refractivity contribution in [3.63, 3.8) is 0 Å². The summed E-state index contributed by atoms with van der Waals surface area (Å²) >= 11 is 0. The van der Waals surface area contributed by atoms with Gasteiger partial charge in [0.25, 0.3) is 0 Å². The molecular weight excluding hydrogens is 300 g/mol. The lowest BCUT2D eigenvalue weighted by Crippen LogP contribution is -2.13. The van der Waals surface area contributed by atoms with Crippen LogP contribution in [0.5, 0.6) is 5.75 Å². The highest BCUT2D eigenvalue weighted by molar-refractivity contribution is 5.89. The fraction of sp³-hybridized carbons (Fsp3) is 0.250. The van der Waals surface area contributed by atoms with Crippen LogP contribution in [-0.2, 0) is 17.6 Å². The summed E-state index contributed by atoms with van der Waals surface area (Å²) in [5.74, 6) is 0.927. The van der Waals surface area contributed by atoms with Gasteiger partial charge >= 0.3 is 0 Å². The molecule has 24 heavy (non-hydrogen) atoms. The molecule has 1 aliphatic carbocycles. The number of amides is 1. The molecule has 0 bridgehead atoms. The standard InChI is InChI=1S/C20H20N2O2/c1-12-8-13-4-2-3-5-16(13)20(12)24-15-6-7-18-17(10-15)14(11-22-18)9-19(21)23/h2-7,10-12,20,22H,8-9H2,1H3,(H2,21,23)/t12-,20?/m1/s1. The first-order chi connectivity index (χ1) is 11.6. The molecule has 2 atom stereocenters. The molecular formula is C20H20N2O2. The summed E-state index contributed by atoms with van der Waals surface area (Å²) in [4.78, 5) is 14.4. The zero-order valence-electron chi connectivity index (χ0n) is 13.6. The molecule has 0 saturated carbocycles. The van der Waals surface area contributed by atoms with Gasteiger partial charge in [0.2, 0.25) is 5.91 Å². The molecule has 4 rings (SSSR count). The number of carbonyl (C=O) groups is 1. The van der Waals surface area contributed by atoms with Crippen molar-refractivity contribution in [3.05, 3.63) is 65.4 Å². The smallest absolute Gasteiger partial charge is 0.221 e. The Labute approximate surface area is 140 Å². The van der Waals surface area contributed by atoms with Gasteiger partial charge in [-0.2, -0.15) is 0 Å². The van der Waals surface area contributed by atoms with Crippen LogP contribution >= 0.6 is 0 Å². The first kappa shape index (κ1) is 14.8. The monoisotopic (exact) mass is 320 g/mol. The maximum Gasteiger partial charge on any atom is 0.221 e. The highest BCUT2D eigenvalue weighted by Gasteiger charge is 2.30. The predicted molar refractivity (Wildman–Crippen MR) is 93.9 cm³/mol. The Morgan fingerprint density at radius 1 is 1.29 bits per heavy atom. The third-order valence-corrected chi connectivity index (χ3v) is 4.79. The number of nitrogens with one attached hydrogen (secondary N) is 1. The number of hydrogen-bond acceptors (Lipinski definition) is 2. The van der Waals surface area contributed by atoms with E-state index in [4.69, 9.17) is 10.5 Å². The van der Waals surface area contributed by atoms with Crippen LogP contribution in [-0.4, -0.2) is 10.9 Å². The van der Waals surface area contributed by atoms with Crippen molar-refractivity contribution >= 4 is 16.8 Å². The van der Waals surface area contributed by atoms with E-state index in [0.29, 0.717) is 5.92 Å². The molecule has 3 N–H and O–H groups in total. The second-order valence-electron chi connectivity index (χ2n) is 6.58. The Morgan fingerprint density at radius 2 is 2.12 bits per heavy atom. The number of carbonyl (C=O) groups excluding carboxylic acids is 1. The zero-order chi connectivity index (χ0) is 16.7. The molecule has 1 unspecified atom stereocenters. The second kappa shape index (κ2) is 5.71. The van der Waals surface area contributed by atoms with Crippen LogP contribution < -0.4 is 10.5 Å². The van der Waals surface area contributed by atoms with Crippen molar-refractivity contribution in [3.8, 4) is 5.75 Å². The predicted octanol–water partition coefficient (Wildman–Crippen LogP) is 3.51. The molecule has 4 nitrogen and oxygen atoms in total. The molecule has 1 aliphatic rings. The van der Waals surface area contributed by atoms with Crippen LogP contribution in [0.25, 0.3) is 10.9 Å². The fourth-order valence-electron chi connectivity index (χ4n) is 3.65. The molecule has 1 amide bonds. The summed E-state index contributed by atoms with van der Waals surface area (Å²) in [6.07, 6.45) is 3.18. The molecule has 0 radical (unpaired) electrons. The highest BCUT2D eigenvalue weighted by atomic mass is 16.5. The van der Waals surface area contributed by atoms with Gasteiger partial charge in [0, 0.05) is 23.0 Å². The van der Waals surface area contributed by atoms with E-state index in [0.717, 1.165) is 28.6 Å². The van der Waals surface area contributed by atoms with E-state index in [1.165, 1.54) is 11.1 Å². The minimum atomic E-state index is -0.333. The van der Waals surface area contributed by atoms with Crippen LogP contribution in [0, 0.1) is 5.92 Å². The van der Waals surface area contributed by atoms with E-state index in [1.807, 2.05) is 24.4 Å². The quantitative estimate of drug-likeness (QED) is 0.772. The van der Waals surface area contributed by atoms with E-state index >= 15 is 0 Å². The molecule has 0 aliphatic heterocycles. The first-order valence-corrected chi connectivity index (χ1v) is 8.24. The van der Waals surface area contributed by atoms with Gasteiger partial charge < -0.3 is 15.5 Å². The van der Waals surface area contributed by atoms with E-state index in [1.54, 1.807) is 0 Å². The molecule has 0 spiro atoms. The SMILES string of the molecule is C[C@@H]1Cc2ccccc2C1Oc1ccc2[nH]cc(CC(N)=O)c2c1. The number of rotatable bonds is 4. The van der Waals surface area contributed by atoms with Crippen molar-refractivity contribution < 1.29 is 9.53 Å². The number of aromatic amines is 1. The molecule has 3 aromatic rings. The summed E-state index contributed by atoms with van der Waals surface area (Å²) < 4.78 is 6.32. The lowest BCUT2D eigenvalue weighted by atomic mass is 10.1. The third-order valence-electron chi connectivity index (χ3n) is 4.79. The van der Waals surface area contributed by atoms with Gasteiger partial charge in [-0.3, -0.25) is 4.79 Å². The summed E-state index contributed by atoms with van der Waals surface area (Å²) in [5.41, 5.74) is 9.86. The van der Waals surface area contributed by atoms with Gasteiger partial charge in [-0.25, -0.2) is 0 Å². The van der Waals surface area contributed by atoms with E-state index in [2.05, 4.69) is 36.2 Å². The summed E-state index contributed by atoms with van der Waals surface area (Å²) in [6, 6.07) is 14.4. The maximum absolute atomic E-state index is 11.2. The molecule has 2 aromatic carbocycles. The summed E-state index contributed by atoms with van der Waals surface area (Å²) in [5, 5.41) is 0.991. The Kier molecular flexibility index (Phi) is 3.53. The summed E-state index contributed by atoms with van der Waals surface area (Å²) in [7, 11) is 0. The zero-order valence-corrected chi connectivity index (χ0v) is 13.6. The number of primary amides is 1. The average Bonchev–Trinajstić information content (AvgIpc) is 3.09. The minimum Gasteiger partial charge on any atom is -0.485 e. The van der Waals surface area contributed by atoms with E-state index in [-0.39, 0.29) is 18.4 Å². The normalized spacial score (nSPS) is 19.4. The number of H-pyrrole nitrogens is 1. The van der Waals surface area contributed by atoms with Crippen molar-refractivity contribution in [1.82, 2.24) is 4.98 Å². The van der Waals surface area contributed by atoms with Gasteiger partial charge in [0.05, 0.1) is 6.42 Å². The molecule has 1 heterocycles. The minimum absolute atomic E-state index is 0.0668. The molecule has 0 saturated heterocycles. The molecule has 4 heteroatoms. The highest BCUT2D eigenvalue weighted by Crippen LogP contribution is 2.39. The Bertz CT molecular complexity index is 913. The number of fused-ring (bicyclic) bond motifs is 2. The first-order valence-electron chi connectivity index (χ1n) is 8.24. The Hall–Kier alpha value is -2.75. The topological polar surface area (TPSA) is 68.1 Å². The Balaban J connectivity index is 1.66. The van der Waals surface area contributed by atoms with Crippen LogP contribution in [0.4, 0.5) is 0 Å². The number of ether oxygens (including phenoxy) is 1. The fourth-order valence-corrected chi connectivity index (χ4v) is 3.65. The lowest BCUT2D eigenvalue weighted by Gasteiger charge is -2.19. The van der Waals surface area contributed by atoms with E-state index < -0.39 is 0 Å². The van der Waals surface area contributed by atoms with Crippen molar-refractivity contribution in [1.29, 1.82) is 0 Å². The van der Waals surface area contributed by atoms with Gasteiger partial charge in [-0.05, 0) is 41.3 Å². The van der Waals surface area contributed by atoms with Crippen LogP contribution in [0.15, 0.2) is 48.7 Å². The van der Waals surface area contributed by atoms with Gasteiger partial charge in [0.1, 0.15) is 11.9 Å². The molecule has 1 aromatic heterocycles. The van der Waals surface area contributed by atoms with Gasteiger partial charge in [-0.15, -0.1) is 0 Å². The number of aromatic nitrogens is 1. The third kappa shape index (κ3) is 2.54. The number of hydrogen-bond donors (Lipinski definition) is 2. The Morgan fingerprint density at radius 3 is 2.96 bits per heavy atom. The summed E-state index contributed by atoms with van der Waals surface area (Å²) in [6.45, 7) is 2.22.